The van der Waals surface area contributed by atoms with Crippen LogP contribution in [0.2, 0.25) is 0 Å². The van der Waals surface area contributed by atoms with Crippen LogP contribution in [0.4, 0.5) is 0 Å². The highest BCUT2D eigenvalue weighted by molar-refractivity contribution is 5.82. The standard InChI is InChI=1S/C10H17NO2/c1-2-9-8-11(5-3-7-12)6-4-10(9)13/h7,9H,2-6,8H2,1H3. The number of likely N-dealkylation sites (tertiary alicyclic amines) is 1. The lowest BCUT2D eigenvalue weighted by Gasteiger charge is -2.30. The molecule has 0 aromatic heterocycles. The number of Topliss-reactive ketones (excluding diaryl/α,β-unsaturated/α-hetero) is 1. The molecule has 0 aromatic rings. The fourth-order valence-corrected chi connectivity index (χ4v) is 1.77. The van der Waals surface area contributed by atoms with Gasteiger partial charge in [-0.2, -0.15) is 0 Å². The molecule has 0 N–H and O–H groups in total. The maximum Gasteiger partial charge on any atom is 0.138 e. The molecule has 0 saturated carbocycles. The Morgan fingerprint density at radius 2 is 2.38 bits per heavy atom. The van der Waals surface area contributed by atoms with Crippen molar-refractivity contribution >= 4 is 12.1 Å². The summed E-state index contributed by atoms with van der Waals surface area (Å²) >= 11 is 0. The molecule has 74 valence electrons. The summed E-state index contributed by atoms with van der Waals surface area (Å²) in [4.78, 5) is 23.7. The minimum Gasteiger partial charge on any atom is -0.303 e. The van der Waals surface area contributed by atoms with Gasteiger partial charge in [0.25, 0.3) is 0 Å². The third-order valence-corrected chi connectivity index (χ3v) is 2.66. The first-order valence-corrected chi connectivity index (χ1v) is 4.96. The van der Waals surface area contributed by atoms with Gasteiger partial charge in [-0.25, -0.2) is 0 Å². The Kier molecular flexibility index (Phi) is 4.09. The summed E-state index contributed by atoms with van der Waals surface area (Å²) < 4.78 is 0. The van der Waals surface area contributed by atoms with Crippen LogP contribution in [0.5, 0.6) is 0 Å². The van der Waals surface area contributed by atoms with Crippen LogP contribution in [0.15, 0.2) is 0 Å². The molecule has 1 heterocycles. The Bertz CT molecular complexity index is 189. The Morgan fingerprint density at radius 3 is 3.00 bits per heavy atom. The molecule has 1 atom stereocenters. The van der Waals surface area contributed by atoms with E-state index in [9.17, 15) is 9.59 Å². The molecule has 0 amide bonds. The van der Waals surface area contributed by atoms with Gasteiger partial charge in [0.15, 0.2) is 0 Å². The molecule has 13 heavy (non-hydrogen) atoms. The second-order valence-electron chi connectivity index (χ2n) is 3.58. The molecule has 3 heteroatoms. The molecule has 1 fully saturated rings. The number of rotatable bonds is 4. The summed E-state index contributed by atoms with van der Waals surface area (Å²) in [6.07, 6.45) is 3.12. The lowest BCUT2D eigenvalue weighted by atomic mass is 9.94. The quantitative estimate of drug-likeness (QED) is 0.607. The molecule has 1 rings (SSSR count). The Hall–Kier alpha value is -0.700. The van der Waals surface area contributed by atoms with Crippen molar-refractivity contribution in [3.05, 3.63) is 0 Å². The van der Waals surface area contributed by atoms with Gasteiger partial charge in [0.05, 0.1) is 0 Å². The summed E-state index contributed by atoms with van der Waals surface area (Å²) in [6.45, 7) is 4.55. The lowest BCUT2D eigenvalue weighted by molar-refractivity contribution is -0.126. The largest absolute Gasteiger partial charge is 0.303 e. The van der Waals surface area contributed by atoms with Crippen LogP contribution in [0.25, 0.3) is 0 Å². The zero-order valence-electron chi connectivity index (χ0n) is 8.16. The zero-order chi connectivity index (χ0) is 9.68. The van der Waals surface area contributed by atoms with Gasteiger partial charge < -0.3 is 9.69 Å². The van der Waals surface area contributed by atoms with E-state index in [1.54, 1.807) is 0 Å². The number of nitrogens with zero attached hydrogens (tertiary/aromatic N) is 1. The number of piperidine rings is 1. The van der Waals surface area contributed by atoms with E-state index in [2.05, 4.69) is 4.90 Å². The van der Waals surface area contributed by atoms with E-state index in [0.29, 0.717) is 18.6 Å². The van der Waals surface area contributed by atoms with Crippen LogP contribution >= 0.6 is 0 Å². The normalized spacial score (nSPS) is 24.7. The number of carbonyl (C=O) groups is 2. The van der Waals surface area contributed by atoms with Crippen LogP contribution in [-0.2, 0) is 9.59 Å². The van der Waals surface area contributed by atoms with E-state index in [-0.39, 0.29) is 5.92 Å². The first kappa shape index (κ1) is 10.4. The molecule has 0 aromatic carbocycles. The van der Waals surface area contributed by atoms with Crippen molar-refractivity contribution in [1.29, 1.82) is 0 Å². The first-order valence-electron chi connectivity index (χ1n) is 4.96. The van der Waals surface area contributed by atoms with Crippen LogP contribution in [0, 0.1) is 5.92 Å². The Morgan fingerprint density at radius 1 is 1.62 bits per heavy atom. The van der Waals surface area contributed by atoms with Crippen molar-refractivity contribution in [1.82, 2.24) is 4.90 Å². The number of hydrogen-bond acceptors (Lipinski definition) is 3. The van der Waals surface area contributed by atoms with E-state index in [1.807, 2.05) is 6.92 Å². The fraction of sp³-hybridized carbons (Fsp3) is 0.800. The monoisotopic (exact) mass is 183 g/mol. The average molecular weight is 183 g/mol. The van der Waals surface area contributed by atoms with E-state index in [1.165, 1.54) is 0 Å². The lowest BCUT2D eigenvalue weighted by Crippen LogP contribution is -2.41. The molecule has 0 aliphatic carbocycles. The van der Waals surface area contributed by atoms with E-state index >= 15 is 0 Å². The Balaban J connectivity index is 2.35. The van der Waals surface area contributed by atoms with Gasteiger partial charge in [-0.05, 0) is 6.42 Å². The number of ketones is 1. The average Bonchev–Trinajstić information content (AvgIpc) is 2.16. The van der Waals surface area contributed by atoms with Gasteiger partial charge >= 0.3 is 0 Å². The topological polar surface area (TPSA) is 37.4 Å². The second kappa shape index (κ2) is 5.12. The number of carbonyl (C=O) groups excluding carboxylic acids is 2. The molecular weight excluding hydrogens is 166 g/mol. The SMILES string of the molecule is CCC1CN(CCC=O)CCC1=O. The zero-order valence-corrected chi connectivity index (χ0v) is 8.16. The summed E-state index contributed by atoms with van der Waals surface area (Å²) in [7, 11) is 0. The molecule has 1 unspecified atom stereocenters. The highest BCUT2D eigenvalue weighted by Gasteiger charge is 2.24. The third kappa shape index (κ3) is 2.92. The summed E-state index contributed by atoms with van der Waals surface area (Å²) in [6, 6.07) is 0. The molecule has 0 spiro atoms. The molecule has 1 aliphatic heterocycles. The van der Waals surface area contributed by atoms with Crippen LogP contribution in [0.3, 0.4) is 0 Å². The summed E-state index contributed by atoms with van der Waals surface area (Å²) in [5.41, 5.74) is 0. The highest BCUT2D eigenvalue weighted by Crippen LogP contribution is 2.15. The van der Waals surface area contributed by atoms with Gasteiger partial charge in [0.1, 0.15) is 12.1 Å². The van der Waals surface area contributed by atoms with Gasteiger partial charge in [-0.3, -0.25) is 4.79 Å². The minimum atomic E-state index is 0.209. The van der Waals surface area contributed by atoms with Gasteiger partial charge in [-0.1, -0.05) is 6.92 Å². The molecule has 1 aliphatic rings. The van der Waals surface area contributed by atoms with Crippen LogP contribution < -0.4 is 0 Å². The van der Waals surface area contributed by atoms with Gasteiger partial charge in [-0.15, -0.1) is 0 Å². The van der Waals surface area contributed by atoms with Crippen LogP contribution in [-0.4, -0.2) is 36.6 Å². The molecule has 3 nitrogen and oxygen atoms in total. The first-order chi connectivity index (χ1) is 6.27. The second-order valence-corrected chi connectivity index (χ2v) is 3.58. The molecular formula is C10H17NO2. The predicted octanol–water partition coefficient (Wildman–Crippen LogP) is 0.876. The smallest absolute Gasteiger partial charge is 0.138 e. The van der Waals surface area contributed by atoms with Crippen molar-refractivity contribution in [2.45, 2.75) is 26.2 Å². The van der Waals surface area contributed by atoms with Crippen molar-refractivity contribution in [3.63, 3.8) is 0 Å². The molecule has 0 radical (unpaired) electrons. The summed E-state index contributed by atoms with van der Waals surface area (Å²) in [5, 5.41) is 0. The fourth-order valence-electron chi connectivity index (χ4n) is 1.77. The number of hydrogen-bond donors (Lipinski definition) is 0. The number of aldehydes is 1. The molecule has 1 saturated heterocycles. The van der Waals surface area contributed by atoms with E-state index in [0.717, 1.165) is 32.3 Å². The Labute approximate surface area is 79.1 Å². The predicted molar refractivity (Wildman–Crippen MR) is 50.5 cm³/mol. The van der Waals surface area contributed by atoms with Crippen molar-refractivity contribution in [2.75, 3.05) is 19.6 Å². The van der Waals surface area contributed by atoms with Crippen molar-refractivity contribution < 1.29 is 9.59 Å². The third-order valence-electron chi connectivity index (χ3n) is 2.66. The van der Waals surface area contributed by atoms with E-state index < -0.39 is 0 Å². The van der Waals surface area contributed by atoms with Gasteiger partial charge in [0, 0.05) is 38.4 Å². The molecule has 0 bridgehead atoms. The highest BCUT2D eigenvalue weighted by atomic mass is 16.1. The van der Waals surface area contributed by atoms with E-state index in [4.69, 9.17) is 0 Å². The maximum atomic E-state index is 11.3. The summed E-state index contributed by atoms with van der Waals surface area (Å²) in [5.74, 6) is 0.602. The van der Waals surface area contributed by atoms with Crippen molar-refractivity contribution in [2.24, 2.45) is 5.92 Å². The van der Waals surface area contributed by atoms with Crippen LogP contribution in [0.1, 0.15) is 26.2 Å². The van der Waals surface area contributed by atoms with Crippen molar-refractivity contribution in [3.8, 4) is 0 Å². The van der Waals surface area contributed by atoms with Gasteiger partial charge in [0.2, 0.25) is 0 Å². The minimum absolute atomic E-state index is 0.209. The maximum absolute atomic E-state index is 11.3.